The zero-order chi connectivity index (χ0) is 14.8. The minimum absolute atomic E-state index is 0.165. The second kappa shape index (κ2) is 5.91. The second-order valence-electron chi connectivity index (χ2n) is 6.15. The van der Waals surface area contributed by atoms with Gasteiger partial charge in [0.1, 0.15) is 0 Å². The van der Waals surface area contributed by atoms with Crippen molar-refractivity contribution >= 4 is 5.91 Å². The molecule has 3 rings (SSSR count). The first-order chi connectivity index (χ1) is 10.2. The van der Waals surface area contributed by atoms with Crippen LogP contribution in [0.1, 0.15) is 40.7 Å². The molecule has 1 saturated heterocycles. The van der Waals surface area contributed by atoms with Crippen LogP contribution in [-0.4, -0.2) is 30.4 Å². The average Bonchev–Trinajstić information content (AvgIpc) is 3.06. The molecular weight excluding hydrogens is 260 g/mol. The van der Waals surface area contributed by atoms with Crippen LogP contribution in [0.3, 0.4) is 0 Å². The van der Waals surface area contributed by atoms with Crippen LogP contribution >= 0.6 is 0 Å². The van der Waals surface area contributed by atoms with E-state index in [1.807, 2.05) is 30.0 Å². The summed E-state index contributed by atoms with van der Waals surface area (Å²) >= 11 is 0. The number of nitrogens with zero attached hydrogens (tertiary/aromatic N) is 1. The van der Waals surface area contributed by atoms with Gasteiger partial charge in [-0.15, -0.1) is 0 Å². The number of benzene rings is 1. The van der Waals surface area contributed by atoms with Crippen molar-refractivity contribution in [2.75, 3.05) is 19.6 Å². The highest BCUT2D eigenvalue weighted by molar-refractivity contribution is 5.96. The standard InChI is InChI=1S/C18H22N2O/c1-13-14(8-4-10-19)5-3-9-17(13)18(21)20-11-15-6-2-7-16(15)12-20/h3,5,9,15-16H,2,6-7,10-12,19H2,1H3. The van der Waals surface area contributed by atoms with Crippen molar-refractivity contribution in [1.29, 1.82) is 0 Å². The molecule has 0 bridgehead atoms. The molecule has 0 radical (unpaired) electrons. The Hall–Kier alpha value is -1.79. The first-order valence-corrected chi connectivity index (χ1v) is 7.78. The number of fused-ring (bicyclic) bond motifs is 1. The monoisotopic (exact) mass is 282 g/mol. The molecule has 2 unspecified atom stereocenters. The number of likely N-dealkylation sites (tertiary alicyclic amines) is 1. The van der Waals surface area contributed by atoms with E-state index in [0.29, 0.717) is 6.54 Å². The lowest BCUT2D eigenvalue weighted by molar-refractivity contribution is 0.0780. The molecule has 21 heavy (non-hydrogen) atoms. The third-order valence-electron chi connectivity index (χ3n) is 4.90. The molecule has 0 spiro atoms. The van der Waals surface area contributed by atoms with Crippen LogP contribution in [0.25, 0.3) is 0 Å². The summed E-state index contributed by atoms with van der Waals surface area (Å²) in [6.45, 7) is 4.18. The van der Waals surface area contributed by atoms with E-state index in [2.05, 4.69) is 11.8 Å². The fourth-order valence-electron chi connectivity index (χ4n) is 3.72. The molecule has 1 saturated carbocycles. The number of hydrogen-bond donors (Lipinski definition) is 1. The Labute approximate surface area is 126 Å². The topological polar surface area (TPSA) is 46.3 Å². The van der Waals surface area contributed by atoms with Crippen molar-refractivity contribution in [2.45, 2.75) is 26.2 Å². The maximum atomic E-state index is 12.8. The molecule has 1 aromatic carbocycles. The predicted octanol–water partition coefficient (Wildman–Crippen LogP) is 2.18. The van der Waals surface area contributed by atoms with Crippen molar-refractivity contribution in [2.24, 2.45) is 17.6 Å². The highest BCUT2D eigenvalue weighted by Gasteiger charge is 2.38. The van der Waals surface area contributed by atoms with E-state index >= 15 is 0 Å². The van der Waals surface area contributed by atoms with Gasteiger partial charge in [0.25, 0.3) is 5.91 Å². The zero-order valence-corrected chi connectivity index (χ0v) is 12.6. The lowest BCUT2D eigenvalue weighted by atomic mass is 10.0. The quantitative estimate of drug-likeness (QED) is 0.803. The van der Waals surface area contributed by atoms with Gasteiger partial charge in [0.05, 0.1) is 6.54 Å². The van der Waals surface area contributed by atoms with E-state index in [1.54, 1.807) is 0 Å². The molecule has 0 aromatic heterocycles. The summed E-state index contributed by atoms with van der Waals surface area (Å²) in [6.07, 6.45) is 3.91. The summed E-state index contributed by atoms with van der Waals surface area (Å²) in [5, 5.41) is 0. The smallest absolute Gasteiger partial charge is 0.254 e. The molecule has 1 aliphatic heterocycles. The molecule has 110 valence electrons. The second-order valence-corrected chi connectivity index (χ2v) is 6.15. The van der Waals surface area contributed by atoms with Gasteiger partial charge in [-0.3, -0.25) is 4.79 Å². The van der Waals surface area contributed by atoms with Crippen LogP contribution < -0.4 is 5.73 Å². The van der Waals surface area contributed by atoms with Gasteiger partial charge in [-0.1, -0.05) is 24.3 Å². The summed E-state index contributed by atoms with van der Waals surface area (Å²) in [5.74, 6) is 7.55. The first-order valence-electron chi connectivity index (χ1n) is 7.78. The molecule has 2 aliphatic rings. The minimum atomic E-state index is 0.165. The zero-order valence-electron chi connectivity index (χ0n) is 12.6. The van der Waals surface area contributed by atoms with Crippen LogP contribution in [0, 0.1) is 30.6 Å². The minimum Gasteiger partial charge on any atom is -0.338 e. The Balaban J connectivity index is 1.82. The van der Waals surface area contributed by atoms with Crippen molar-refractivity contribution in [1.82, 2.24) is 4.90 Å². The lowest BCUT2D eigenvalue weighted by Gasteiger charge is -2.19. The van der Waals surface area contributed by atoms with E-state index in [9.17, 15) is 4.79 Å². The lowest BCUT2D eigenvalue weighted by Crippen LogP contribution is -2.30. The molecule has 1 aromatic rings. The molecule has 3 nitrogen and oxygen atoms in total. The van der Waals surface area contributed by atoms with Crippen LogP contribution in [0.15, 0.2) is 18.2 Å². The van der Waals surface area contributed by atoms with Crippen LogP contribution in [0.2, 0.25) is 0 Å². The number of nitrogens with two attached hydrogens (primary N) is 1. The van der Waals surface area contributed by atoms with E-state index in [-0.39, 0.29) is 5.91 Å². The molecule has 1 heterocycles. The Morgan fingerprint density at radius 1 is 1.33 bits per heavy atom. The number of amides is 1. The molecule has 2 atom stereocenters. The molecule has 1 aliphatic carbocycles. The fraction of sp³-hybridized carbons (Fsp3) is 0.500. The van der Waals surface area contributed by atoms with Crippen molar-refractivity contribution in [3.8, 4) is 11.8 Å². The largest absolute Gasteiger partial charge is 0.338 e. The first kappa shape index (κ1) is 14.2. The maximum Gasteiger partial charge on any atom is 0.254 e. The Kier molecular flexibility index (Phi) is 3.98. The number of hydrogen-bond acceptors (Lipinski definition) is 2. The summed E-state index contributed by atoms with van der Waals surface area (Å²) in [5.41, 5.74) is 8.10. The molecular formula is C18H22N2O. The van der Waals surface area contributed by atoms with E-state index < -0.39 is 0 Å². The summed E-state index contributed by atoms with van der Waals surface area (Å²) in [6, 6.07) is 5.78. The molecule has 1 amide bonds. The molecule has 2 fully saturated rings. The molecule has 3 heteroatoms. The van der Waals surface area contributed by atoms with Gasteiger partial charge in [-0.2, -0.15) is 0 Å². The van der Waals surface area contributed by atoms with Gasteiger partial charge in [0, 0.05) is 24.2 Å². The fourth-order valence-corrected chi connectivity index (χ4v) is 3.72. The van der Waals surface area contributed by atoms with Gasteiger partial charge in [-0.05, 0) is 49.3 Å². The van der Waals surface area contributed by atoms with Crippen LogP contribution in [-0.2, 0) is 0 Å². The van der Waals surface area contributed by atoms with Gasteiger partial charge >= 0.3 is 0 Å². The van der Waals surface area contributed by atoms with Gasteiger partial charge < -0.3 is 10.6 Å². The van der Waals surface area contributed by atoms with Crippen molar-refractivity contribution in [3.05, 3.63) is 34.9 Å². The Morgan fingerprint density at radius 2 is 2.05 bits per heavy atom. The van der Waals surface area contributed by atoms with Crippen LogP contribution in [0.5, 0.6) is 0 Å². The van der Waals surface area contributed by atoms with E-state index in [0.717, 1.165) is 41.6 Å². The Bertz CT molecular complexity index is 599. The highest BCUT2D eigenvalue weighted by Crippen LogP contribution is 2.38. The number of rotatable bonds is 1. The third kappa shape index (κ3) is 2.69. The van der Waals surface area contributed by atoms with Crippen molar-refractivity contribution in [3.63, 3.8) is 0 Å². The van der Waals surface area contributed by atoms with Gasteiger partial charge in [0.2, 0.25) is 0 Å². The maximum absolute atomic E-state index is 12.8. The number of carbonyl (C=O) groups is 1. The molecule has 2 N–H and O–H groups in total. The Morgan fingerprint density at radius 3 is 2.71 bits per heavy atom. The predicted molar refractivity (Wildman–Crippen MR) is 83.8 cm³/mol. The average molecular weight is 282 g/mol. The van der Waals surface area contributed by atoms with E-state index in [1.165, 1.54) is 19.3 Å². The summed E-state index contributed by atoms with van der Waals surface area (Å²) < 4.78 is 0. The van der Waals surface area contributed by atoms with Gasteiger partial charge in [-0.25, -0.2) is 0 Å². The summed E-state index contributed by atoms with van der Waals surface area (Å²) in [7, 11) is 0. The van der Waals surface area contributed by atoms with E-state index in [4.69, 9.17) is 5.73 Å². The van der Waals surface area contributed by atoms with Crippen LogP contribution in [0.4, 0.5) is 0 Å². The summed E-state index contributed by atoms with van der Waals surface area (Å²) in [4.78, 5) is 14.8. The van der Waals surface area contributed by atoms with Crippen molar-refractivity contribution < 1.29 is 4.79 Å². The van der Waals surface area contributed by atoms with Gasteiger partial charge in [0.15, 0.2) is 0 Å². The third-order valence-corrected chi connectivity index (χ3v) is 4.90. The number of carbonyl (C=O) groups excluding carboxylic acids is 1. The SMILES string of the molecule is Cc1c(C#CCN)cccc1C(=O)N1CC2CCCC2C1. The normalized spacial score (nSPS) is 23.6. The highest BCUT2D eigenvalue weighted by atomic mass is 16.2.